The van der Waals surface area contributed by atoms with Crippen molar-refractivity contribution in [2.24, 2.45) is 0 Å². The Morgan fingerprint density at radius 3 is 2.37 bits per heavy atom. The van der Waals surface area contributed by atoms with Crippen molar-refractivity contribution < 1.29 is 27.1 Å². The van der Waals surface area contributed by atoms with Gasteiger partial charge in [-0.05, 0) is 36.8 Å². The van der Waals surface area contributed by atoms with Crippen LogP contribution in [0.3, 0.4) is 0 Å². The largest absolute Gasteiger partial charge is 0.456 e. The Balaban J connectivity index is 1.75. The minimum absolute atomic E-state index is 0.209. The van der Waals surface area contributed by atoms with Crippen molar-refractivity contribution in [3.8, 4) is 0 Å². The molecule has 1 saturated heterocycles. The second-order valence-electron chi connectivity index (χ2n) is 6.40. The Bertz CT molecular complexity index is 765. The first kappa shape index (κ1) is 19.4. The summed E-state index contributed by atoms with van der Waals surface area (Å²) in [5, 5.41) is 2.82. The third-order valence-electron chi connectivity index (χ3n) is 4.53. The molecule has 5 nitrogen and oxygen atoms in total. The quantitative estimate of drug-likeness (QED) is 0.861. The van der Waals surface area contributed by atoms with E-state index in [0.717, 1.165) is 12.1 Å². The number of amides is 1. The molecular weight excluding hydrogens is 361 g/mol. The van der Waals surface area contributed by atoms with Crippen molar-refractivity contribution in [3.05, 3.63) is 59.0 Å². The van der Waals surface area contributed by atoms with E-state index in [2.05, 4.69) is 10.2 Å². The lowest BCUT2D eigenvalue weighted by Crippen LogP contribution is -2.43. The van der Waals surface area contributed by atoms with Gasteiger partial charge >= 0.3 is 6.18 Å². The van der Waals surface area contributed by atoms with Crippen LogP contribution in [0.2, 0.25) is 0 Å². The zero-order chi connectivity index (χ0) is 19.4. The molecule has 1 atom stereocenters. The number of hydrogen-bond acceptors (Lipinski definition) is 4. The van der Waals surface area contributed by atoms with Gasteiger partial charge in [0.25, 0.3) is 5.91 Å². The number of benzene rings is 1. The third-order valence-corrected chi connectivity index (χ3v) is 4.53. The minimum atomic E-state index is -4.38. The molecule has 3 rings (SSSR count). The summed E-state index contributed by atoms with van der Waals surface area (Å²) in [6, 6.07) is 8.10. The molecule has 1 unspecified atom stereocenters. The Kier molecular flexibility index (Phi) is 5.86. The van der Waals surface area contributed by atoms with Crippen molar-refractivity contribution in [2.75, 3.05) is 32.8 Å². The smallest absolute Gasteiger partial charge is 0.416 e. The number of alkyl halides is 3. The molecule has 0 spiro atoms. The fraction of sp³-hybridized carbons (Fsp3) is 0.421. The van der Waals surface area contributed by atoms with E-state index in [4.69, 9.17) is 9.15 Å². The summed E-state index contributed by atoms with van der Waals surface area (Å²) in [5.41, 5.74) is 0.0166. The Morgan fingerprint density at radius 2 is 1.81 bits per heavy atom. The second-order valence-corrected chi connectivity index (χ2v) is 6.40. The van der Waals surface area contributed by atoms with E-state index in [1.165, 1.54) is 12.1 Å². The molecule has 146 valence electrons. The van der Waals surface area contributed by atoms with Crippen molar-refractivity contribution in [2.45, 2.75) is 19.1 Å². The van der Waals surface area contributed by atoms with Crippen LogP contribution < -0.4 is 5.32 Å². The summed E-state index contributed by atoms with van der Waals surface area (Å²) in [4.78, 5) is 14.4. The number of rotatable bonds is 5. The number of hydrogen-bond donors (Lipinski definition) is 1. The molecule has 0 radical (unpaired) electrons. The molecule has 2 aromatic rings. The highest BCUT2D eigenvalue weighted by atomic mass is 19.4. The summed E-state index contributed by atoms with van der Waals surface area (Å²) in [6.07, 6.45) is -4.38. The Labute approximate surface area is 155 Å². The molecule has 1 aliphatic heterocycles. The van der Waals surface area contributed by atoms with Crippen LogP contribution in [0.15, 0.2) is 40.8 Å². The lowest BCUT2D eigenvalue weighted by molar-refractivity contribution is -0.137. The van der Waals surface area contributed by atoms with Gasteiger partial charge in [-0.1, -0.05) is 12.1 Å². The van der Waals surface area contributed by atoms with Gasteiger partial charge < -0.3 is 14.5 Å². The highest BCUT2D eigenvalue weighted by Crippen LogP contribution is 2.31. The number of aryl methyl sites for hydroxylation is 1. The normalized spacial score (nSPS) is 16.9. The molecule has 8 heteroatoms. The zero-order valence-corrected chi connectivity index (χ0v) is 14.9. The van der Waals surface area contributed by atoms with Gasteiger partial charge in [0.2, 0.25) is 0 Å². The standard InChI is InChI=1S/C19H21F3N2O3/c1-13-2-7-17(27-13)18(25)23-12-16(24-8-10-26-11-9-24)14-3-5-15(6-4-14)19(20,21)22/h2-7,16H,8-12H2,1H3,(H,23,25). The van der Waals surface area contributed by atoms with E-state index < -0.39 is 11.7 Å². The van der Waals surface area contributed by atoms with Gasteiger partial charge in [0, 0.05) is 19.6 Å². The average molecular weight is 382 g/mol. The summed E-state index contributed by atoms with van der Waals surface area (Å²) in [7, 11) is 0. The van der Waals surface area contributed by atoms with Crippen LogP contribution in [0, 0.1) is 6.92 Å². The fourth-order valence-electron chi connectivity index (χ4n) is 3.07. The van der Waals surface area contributed by atoms with E-state index in [-0.39, 0.29) is 24.3 Å². The number of halogens is 3. The molecule has 1 amide bonds. The summed E-state index contributed by atoms with van der Waals surface area (Å²) < 4.78 is 49.1. The maximum absolute atomic E-state index is 12.8. The van der Waals surface area contributed by atoms with E-state index >= 15 is 0 Å². The number of morpholine rings is 1. The van der Waals surface area contributed by atoms with Gasteiger partial charge in [0.05, 0.1) is 24.8 Å². The van der Waals surface area contributed by atoms with Crippen molar-refractivity contribution in [1.29, 1.82) is 0 Å². The van der Waals surface area contributed by atoms with Gasteiger partial charge in [0.1, 0.15) is 5.76 Å². The average Bonchev–Trinajstić information content (AvgIpc) is 3.09. The van der Waals surface area contributed by atoms with E-state index in [0.29, 0.717) is 37.6 Å². The van der Waals surface area contributed by atoms with Crippen molar-refractivity contribution >= 4 is 5.91 Å². The Morgan fingerprint density at radius 1 is 1.15 bits per heavy atom. The second kappa shape index (κ2) is 8.14. The van der Waals surface area contributed by atoms with Crippen LogP contribution in [0.25, 0.3) is 0 Å². The zero-order valence-electron chi connectivity index (χ0n) is 14.9. The van der Waals surface area contributed by atoms with Crippen LogP contribution in [0.4, 0.5) is 13.2 Å². The van der Waals surface area contributed by atoms with Gasteiger partial charge in [0.15, 0.2) is 5.76 Å². The predicted molar refractivity (Wildman–Crippen MR) is 92.4 cm³/mol. The van der Waals surface area contributed by atoms with Crippen LogP contribution in [-0.2, 0) is 10.9 Å². The number of nitrogens with one attached hydrogen (secondary N) is 1. The summed E-state index contributed by atoms with van der Waals surface area (Å²) >= 11 is 0. The van der Waals surface area contributed by atoms with Gasteiger partial charge in [-0.15, -0.1) is 0 Å². The van der Waals surface area contributed by atoms with E-state index in [9.17, 15) is 18.0 Å². The molecule has 1 N–H and O–H groups in total. The molecule has 1 fully saturated rings. The molecule has 1 aromatic heterocycles. The van der Waals surface area contributed by atoms with Crippen LogP contribution >= 0.6 is 0 Å². The van der Waals surface area contributed by atoms with E-state index in [1.807, 2.05) is 0 Å². The van der Waals surface area contributed by atoms with Crippen LogP contribution in [-0.4, -0.2) is 43.7 Å². The monoisotopic (exact) mass is 382 g/mol. The lowest BCUT2D eigenvalue weighted by Gasteiger charge is -2.35. The molecule has 0 aliphatic carbocycles. The number of carbonyl (C=O) groups excluding carboxylic acids is 1. The van der Waals surface area contributed by atoms with Gasteiger partial charge in [-0.3, -0.25) is 9.69 Å². The number of furan rings is 1. The first-order valence-electron chi connectivity index (χ1n) is 8.68. The lowest BCUT2D eigenvalue weighted by atomic mass is 10.0. The van der Waals surface area contributed by atoms with Gasteiger partial charge in [-0.25, -0.2) is 0 Å². The van der Waals surface area contributed by atoms with Gasteiger partial charge in [-0.2, -0.15) is 13.2 Å². The third kappa shape index (κ3) is 4.90. The fourth-order valence-corrected chi connectivity index (χ4v) is 3.07. The molecule has 27 heavy (non-hydrogen) atoms. The number of ether oxygens (including phenoxy) is 1. The Hall–Kier alpha value is -2.32. The highest BCUT2D eigenvalue weighted by Gasteiger charge is 2.31. The number of nitrogens with zero attached hydrogens (tertiary/aromatic N) is 1. The van der Waals surface area contributed by atoms with Crippen molar-refractivity contribution in [3.63, 3.8) is 0 Å². The number of carbonyl (C=O) groups is 1. The molecule has 1 aromatic carbocycles. The first-order chi connectivity index (χ1) is 12.8. The summed E-state index contributed by atoms with van der Waals surface area (Å²) in [6.45, 7) is 4.37. The molecule has 0 saturated carbocycles. The molecule has 2 heterocycles. The highest BCUT2D eigenvalue weighted by molar-refractivity contribution is 5.91. The maximum Gasteiger partial charge on any atom is 0.416 e. The predicted octanol–water partition coefficient (Wildman–Crippen LogP) is 3.41. The topological polar surface area (TPSA) is 54.7 Å². The summed E-state index contributed by atoms with van der Waals surface area (Å²) in [5.74, 6) is 0.488. The maximum atomic E-state index is 12.8. The van der Waals surface area contributed by atoms with Crippen LogP contribution in [0.5, 0.6) is 0 Å². The molecule has 0 bridgehead atoms. The molecule has 1 aliphatic rings. The van der Waals surface area contributed by atoms with E-state index in [1.54, 1.807) is 19.1 Å². The first-order valence-corrected chi connectivity index (χ1v) is 8.68. The molecular formula is C19H21F3N2O3. The van der Waals surface area contributed by atoms with Crippen LogP contribution in [0.1, 0.15) is 33.5 Å². The minimum Gasteiger partial charge on any atom is -0.456 e. The van der Waals surface area contributed by atoms with Crippen molar-refractivity contribution in [1.82, 2.24) is 10.2 Å². The SMILES string of the molecule is Cc1ccc(C(=O)NCC(c2ccc(C(F)(F)F)cc2)N2CCOCC2)o1.